The van der Waals surface area contributed by atoms with Crippen LogP contribution in [0.25, 0.3) is 27.3 Å². The van der Waals surface area contributed by atoms with Crippen LogP contribution in [0.3, 0.4) is 0 Å². The van der Waals surface area contributed by atoms with E-state index in [0.717, 1.165) is 53.1 Å². The van der Waals surface area contributed by atoms with E-state index in [1.165, 1.54) is 41.3 Å². The van der Waals surface area contributed by atoms with Crippen molar-refractivity contribution in [2.24, 2.45) is 5.41 Å². The van der Waals surface area contributed by atoms with E-state index in [2.05, 4.69) is 20.6 Å². The number of aliphatic hydroxyl groups is 1. The lowest BCUT2D eigenvalue weighted by atomic mass is 9.83. The molecule has 82 heavy (non-hydrogen) atoms. The number of fused-ring (bicyclic) bond motifs is 2. The molecule has 3 amide bonds. The van der Waals surface area contributed by atoms with Gasteiger partial charge in [-0.05, 0) is 120 Å². The molecule has 2 bridgehead atoms. The first-order valence-corrected chi connectivity index (χ1v) is 30.1. The zero-order valence-corrected chi connectivity index (χ0v) is 48.1. The third-order valence-corrected chi connectivity index (χ3v) is 18.6. The molecule has 2 fully saturated rings. The number of thiazole rings is 1. The number of carbonyl (C=O) groups is 3. The van der Waals surface area contributed by atoms with Gasteiger partial charge in [-0.1, -0.05) is 95.0 Å². The Morgan fingerprint density at radius 2 is 1.50 bits per heavy atom. The number of benzene rings is 4. The molecule has 16 nitrogen and oxygen atoms in total. The molecule has 5 heterocycles. The van der Waals surface area contributed by atoms with E-state index in [0.29, 0.717) is 51.8 Å². The maximum Gasteiger partial charge on any atom is 0.407 e. The van der Waals surface area contributed by atoms with Crippen molar-refractivity contribution in [3.05, 3.63) is 144 Å². The topological polar surface area (TPSA) is 206 Å². The molecule has 0 radical (unpaired) electrons. The number of rotatable bonds is 23. The van der Waals surface area contributed by atoms with Gasteiger partial charge in [0.25, 0.3) is 0 Å². The van der Waals surface area contributed by atoms with Crippen molar-refractivity contribution in [3.63, 3.8) is 0 Å². The molecule has 9 rings (SSSR count). The summed E-state index contributed by atoms with van der Waals surface area (Å²) in [6.07, 6.45) is 2.20. The summed E-state index contributed by atoms with van der Waals surface area (Å²) in [5.74, 6) is -0.680. The third-order valence-electron chi connectivity index (χ3n) is 15.4. The van der Waals surface area contributed by atoms with Gasteiger partial charge < -0.3 is 39.8 Å². The smallest absolute Gasteiger partial charge is 0.407 e. The number of aromatic nitrogens is 3. The second-order valence-electron chi connectivity index (χ2n) is 22.5. The van der Waals surface area contributed by atoms with Crippen molar-refractivity contribution >= 4 is 55.9 Å². The van der Waals surface area contributed by atoms with Crippen LogP contribution in [0.15, 0.2) is 121 Å². The Morgan fingerprint density at radius 1 is 0.854 bits per heavy atom. The number of hydrogen-bond donors (Lipinski definition) is 4. The lowest BCUT2D eigenvalue weighted by molar-refractivity contribution is -0.144. The molecule has 436 valence electrons. The number of imidazole rings is 1. The van der Waals surface area contributed by atoms with Crippen molar-refractivity contribution in [3.8, 4) is 27.6 Å². The predicted octanol–water partition coefficient (Wildman–Crippen LogP) is 10.3. The zero-order chi connectivity index (χ0) is 58.5. The van der Waals surface area contributed by atoms with Gasteiger partial charge in [0.15, 0.2) is 0 Å². The SMILES string of the molecule is Cc1ncsc1-c1ccc([C@H](C)NC(=O)[C@@H]2C[C@@H](O)CN2C(=O)[C@@H](NC(=O)CCCCCCCCOc2ccc(N(CC(F)(F)F)S(=O)(=O)C3CC4OC3C(c3ccc(-n5ccnc5)cc3)=C4c3ccc(O)cc3)cc2)C(C)(C)C)cc1. The standard InChI is InChI=1S/C61H70F3N7O9S2/c1-38(40-13-15-43(16-14-40)56-39(2)66-37-81-56)67-58(75)49-32-47(73)34-70(49)59(76)57(60(3,4)5)68-52(74)12-10-8-6-7-9-11-31-79-48-27-23-45(24-28-48)71(35-61(62,63)64)82(77,78)51-33-50-53(41-19-25-46(72)26-20-41)54(55(51)80-50)42-17-21-44(22-18-42)69-30-29-65-36-69/h13-30,36-38,47,49-51,55,57,72-73H,6-12,31-35H2,1-5H3,(H,67,75)(H,68,74)/t38-,47+,49-,50?,51?,55?,57+/m0/s1. The second-order valence-corrected chi connectivity index (χ2v) is 25.4. The summed E-state index contributed by atoms with van der Waals surface area (Å²) in [6.45, 7) is 7.91. The number of hydrogen-bond acceptors (Lipinski definition) is 12. The van der Waals surface area contributed by atoms with Crippen molar-refractivity contribution < 1.29 is 55.7 Å². The summed E-state index contributed by atoms with van der Waals surface area (Å²) in [7, 11) is -4.70. The first kappa shape index (κ1) is 59.5. The second kappa shape index (κ2) is 25.2. The number of nitrogens with zero attached hydrogens (tertiary/aromatic N) is 5. The van der Waals surface area contributed by atoms with Gasteiger partial charge in [0.2, 0.25) is 27.7 Å². The number of carbonyl (C=O) groups excluding carboxylic acids is 3. The Balaban J connectivity index is 0.732. The summed E-state index contributed by atoms with van der Waals surface area (Å²) in [4.78, 5) is 52.1. The Bertz CT molecular complexity index is 3310. The van der Waals surface area contributed by atoms with Gasteiger partial charge in [0.05, 0.1) is 53.0 Å². The van der Waals surface area contributed by atoms with Crippen molar-refractivity contribution in [1.29, 1.82) is 0 Å². The number of phenolic OH excluding ortho intramolecular Hbond substituents is 1. The summed E-state index contributed by atoms with van der Waals surface area (Å²) in [5.41, 5.74) is 7.22. The fourth-order valence-electron chi connectivity index (χ4n) is 11.1. The lowest BCUT2D eigenvalue weighted by Crippen LogP contribution is -2.57. The number of likely N-dealkylation sites (tertiary alicyclic amines) is 1. The van der Waals surface area contributed by atoms with Crippen LogP contribution in [0, 0.1) is 12.3 Å². The number of β-amino-alcohol motifs (C(OH)–C–C–N with tert-alkyl or cyclic N) is 1. The van der Waals surface area contributed by atoms with Crippen LogP contribution in [0.5, 0.6) is 11.5 Å². The van der Waals surface area contributed by atoms with Gasteiger partial charge in [0, 0.05) is 37.5 Å². The van der Waals surface area contributed by atoms with Gasteiger partial charge in [-0.25, -0.2) is 18.4 Å². The summed E-state index contributed by atoms with van der Waals surface area (Å²) in [6, 6.07) is 25.0. The number of aliphatic hydroxyl groups excluding tert-OH is 1. The minimum Gasteiger partial charge on any atom is -0.508 e. The zero-order valence-electron chi connectivity index (χ0n) is 46.5. The number of aryl methyl sites for hydroxylation is 1. The normalized spacial score (nSPS) is 19.8. The summed E-state index contributed by atoms with van der Waals surface area (Å²) in [5, 5.41) is 25.3. The number of phenols is 1. The van der Waals surface area contributed by atoms with Crippen LogP contribution in [-0.4, -0.2) is 117 Å². The Kier molecular flexibility index (Phi) is 18.3. The van der Waals surface area contributed by atoms with Gasteiger partial charge in [0.1, 0.15) is 41.5 Å². The average Bonchev–Trinajstić information content (AvgIpc) is 2.03. The van der Waals surface area contributed by atoms with Crippen LogP contribution in [0.2, 0.25) is 0 Å². The molecule has 6 aromatic rings. The van der Waals surface area contributed by atoms with Crippen LogP contribution < -0.4 is 19.7 Å². The van der Waals surface area contributed by atoms with Crippen molar-refractivity contribution in [1.82, 2.24) is 30.1 Å². The van der Waals surface area contributed by atoms with Crippen LogP contribution in [-0.2, 0) is 29.1 Å². The molecule has 21 heteroatoms. The first-order chi connectivity index (χ1) is 39.0. The molecule has 0 aliphatic carbocycles. The van der Waals surface area contributed by atoms with E-state index in [4.69, 9.17) is 9.47 Å². The van der Waals surface area contributed by atoms with Crippen LogP contribution in [0.4, 0.5) is 18.9 Å². The molecule has 7 atom stereocenters. The van der Waals surface area contributed by atoms with Gasteiger partial charge in [-0.15, -0.1) is 11.3 Å². The molecule has 2 aromatic heterocycles. The molecule has 3 aliphatic heterocycles. The van der Waals surface area contributed by atoms with E-state index in [1.807, 2.05) is 83.1 Å². The molecule has 0 saturated carbocycles. The minimum absolute atomic E-state index is 0.0277. The number of unbranched alkanes of at least 4 members (excludes halogenated alkanes) is 5. The number of aromatic hydroxyl groups is 1. The van der Waals surface area contributed by atoms with E-state index < -0.39 is 69.7 Å². The number of halogens is 3. The fraction of sp³-hybridized carbons (Fsp3) is 0.426. The Hall–Kier alpha value is -7.07. The number of amides is 3. The number of alkyl halides is 3. The molecule has 3 unspecified atom stereocenters. The van der Waals surface area contributed by atoms with E-state index in [-0.39, 0.29) is 55.1 Å². The summed E-state index contributed by atoms with van der Waals surface area (Å²) >= 11 is 1.56. The number of nitrogens with one attached hydrogen (secondary N) is 2. The first-order valence-electron chi connectivity index (χ1n) is 27.7. The summed E-state index contributed by atoms with van der Waals surface area (Å²) < 4.78 is 86.6. The maximum atomic E-state index is 14.6. The fourth-order valence-corrected chi connectivity index (χ4v) is 13.9. The predicted molar refractivity (Wildman–Crippen MR) is 308 cm³/mol. The monoisotopic (exact) mass is 1170 g/mol. The minimum atomic E-state index is -4.87. The quantitative estimate of drug-likeness (QED) is 0.0444. The van der Waals surface area contributed by atoms with Crippen LogP contribution >= 0.6 is 11.3 Å². The van der Waals surface area contributed by atoms with E-state index >= 15 is 0 Å². The molecule has 4 aromatic carbocycles. The number of anilines is 1. The highest BCUT2D eigenvalue weighted by Gasteiger charge is 2.55. The highest BCUT2D eigenvalue weighted by molar-refractivity contribution is 7.93. The maximum absolute atomic E-state index is 14.6. The van der Waals surface area contributed by atoms with E-state index in [1.54, 1.807) is 52.3 Å². The number of sulfonamides is 1. The molecule has 4 N–H and O–H groups in total. The average molecular weight is 1170 g/mol. The number of ether oxygens (including phenoxy) is 2. The molecule has 3 aliphatic rings. The van der Waals surface area contributed by atoms with Crippen molar-refractivity contribution in [2.75, 3.05) is 24.0 Å². The van der Waals surface area contributed by atoms with Crippen molar-refractivity contribution in [2.45, 2.75) is 140 Å². The highest BCUT2D eigenvalue weighted by atomic mass is 32.2. The largest absolute Gasteiger partial charge is 0.508 e. The van der Waals surface area contributed by atoms with Gasteiger partial charge >= 0.3 is 6.18 Å². The highest BCUT2D eigenvalue weighted by Crippen LogP contribution is 2.52. The van der Waals surface area contributed by atoms with Gasteiger partial charge in [-0.2, -0.15) is 13.2 Å². The third kappa shape index (κ3) is 13.9. The van der Waals surface area contributed by atoms with E-state index in [9.17, 15) is 46.2 Å². The molecular weight excluding hydrogens is 1100 g/mol. The molecule has 0 spiro atoms. The molecular formula is C61H70F3N7O9S2. The lowest BCUT2D eigenvalue weighted by Gasteiger charge is -2.35. The Morgan fingerprint density at radius 3 is 2.13 bits per heavy atom. The van der Waals surface area contributed by atoms with Crippen LogP contribution in [0.1, 0.15) is 114 Å². The Labute approximate surface area is 480 Å². The molecule has 2 saturated heterocycles. The van der Waals surface area contributed by atoms with Gasteiger partial charge in [-0.3, -0.25) is 18.7 Å².